The Morgan fingerprint density at radius 2 is 2.10 bits per heavy atom. The number of nitrogens with one attached hydrogen (secondary N) is 1. The summed E-state index contributed by atoms with van der Waals surface area (Å²) in [5.74, 6) is 0.964. The van der Waals surface area contributed by atoms with Crippen molar-refractivity contribution in [1.82, 2.24) is 10.2 Å². The summed E-state index contributed by atoms with van der Waals surface area (Å²) in [7, 11) is 0. The number of phenolic OH excluding ortho intramolecular Hbond substituents is 1. The molecule has 21 heavy (non-hydrogen) atoms. The molecule has 2 rings (SSSR count). The summed E-state index contributed by atoms with van der Waals surface area (Å²) in [6.07, 6.45) is 2.80. The largest absolute Gasteiger partial charge is 0.508 e. The van der Waals surface area contributed by atoms with Crippen molar-refractivity contribution in [3.05, 3.63) is 29.8 Å². The molecule has 1 saturated heterocycles. The Morgan fingerprint density at radius 3 is 2.67 bits per heavy atom. The highest BCUT2D eigenvalue weighted by Gasteiger charge is 2.22. The highest BCUT2D eigenvalue weighted by molar-refractivity contribution is 5.79. The first-order valence-electron chi connectivity index (χ1n) is 7.84. The minimum absolute atomic E-state index is 0.168. The SMILES string of the molecule is CC(C)N(CC1CCCNC1)C(=O)Cc1ccc(O)cc1. The van der Waals surface area contributed by atoms with E-state index < -0.39 is 0 Å². The van der Waals surface area contributed by atoms with Crippen LogP contribution in [0.4, 0.5) is 0 Å². The molecule has 1 aromatic carbocycles. The van der Waals surface area contributed by atoms with Crippen molar-refractivity contribution in [2.75, 3.05) is 19.6 Å². The Labute approximate surface area is 127 Å². The molecule has 1 aliphatic rings. The monoisotopic (exact) mass is 290 g/mol. The fourth-order valence-electron chi connectivity index (χ4n) is 2.85. The van der Waals surface area contributed by atoms with Crippen molar-refractivity contribution in [1.29, 1.82) is 0 Å². The van der Waals surface area contributed by atoms with E-state index in [0.717, 1.165) is 25.2 Å². The number of nitrogens with zero attached hydrogens (tertiary/aromatic N) is 1. The molecule has 2 N–H and O–H groups in total. The molecular formula is C17H26N2O2. The van der Waals surface area contributed by atoms with Gasteiger partial charge >= 0.3 is 0 Å². The standard InChI is InChI=1S/C17H26N2O2/c1-13(2)19(12-15-4-3-9-18-11-15)17(21)10-14-5-7-16(20)8-6-14/h5-8,13,15,18,20H,3-4,9-12H2,1-2H3. The van der Waals surface area contributed by atoms with Crippen LogP contribution in [0.3, 0.4) is 0 Å². The first kappa shape index (κ1) is 15.8. The second-order valence-corrected chi connectivity index (χ2v) is 6.20. The normalized spacial score (nSPS) is 18.7. The number of hydrogen-bond donors (Lipinski definition) is 2. The molecule has 0 aromatic heterocycles. The van der Waals surface area contributed by atoms with E-state index in [2.05, 4.69) is 19.2 Å². The Kier molecular flexibility index (Phi) is 5.62. The summed E-state index contributed by atoms with van der Waals surface area (Å²) in [6, 6.07) is 7.11. The van der Waals surface area contributed by atoms with Crippen molar-refractivity contribution in [2.45, 2.75) is 39.2 Å². The van der Waals surface area contributed by atoms with Crippen molar-refractivity contribution < 1.29 is 9.90 Å². The molecule has 0 aliphatic carbocycles. The van der Waals surface area contributed by atoms with E-state index in [4.69, 9.17) is 0 Å². The minimum atomic E-state index is 0.168. The van der Waals surface area contributed by atoms with Gasteiger partial charge in [-0.1, -0.05) is 12.1 Å². The van der Waals surface area contributed by atoms with Crippen molar-refractivity contribution in [3.8, 4) is 5.75 Å². The Morgan fingerprint density at radius 1 is 1.38 bits per heavy atom. The summed E-state index contributed by atoms with van der Waals surface area (Å²) in [6.45, 7) is 7.09. The van der Waals surface area contributed by atoms with Crippen LogP contribution in [0.5, 0.6) is 5.75 Å². The lowest BCUT2D eigenvalue weighted by molar-refractivity contribution is -0.133. The number of benzene rings is 1. The van der Waals surface area contributed by atoms with Crippen LogP contribution < -0.4 is 5.32 Å². The van der Waals surface area contributed by atoms with Gasteiger partial charge < -0.3 is 15.3 Å². The third-order valence-electron chi connectivity index (χ3n) is 4.09. The molecule has 0 saturated carbocycles. The van der Waals surface area contributed by atoms with Gasteiger partial charge in [0.25, 0.3) is 0 Å². The van der Waals surface area contributed by atoms with Crippen LogP contribution in [0, 0.1) is 5.92 Å². The van der Waals surface area contributed by atoms with Crippen LogP contribution in [0.2, 0.25) is 0 Å². The molecule has 1 aromatic rings. The van der Waals surface area contributed by atoms with E-state index in [1.165, 1.54) is 12.8 Å². The molecule has 4 heteroatoms. The molecule has 1 heterocycles. The molecule has 0 spiro atoms. The lowest BCUT2D eigenvalue weighted by Crippen LogP contribution is -2.44. The fourth-order valence-corrected chi connectivity index (χ4v) is 2.85. The number of aromatic hydroxyl groups is 1. The molecule has 1 aliphatic heterocycles. The number of rotatable bonds is 5. The first-order chi connectivity index (χ1) is 10.1. The maximum absolute atomic E-state index is 12.6. The van der Waals surface area contributed by atoms with Gasteiger partial charge in [0, 0.05) is 12.6 Å². The van der Waals surface area contributed by atoms with Crippen molar-refractivity contribution in [3.63, 3.8) is 0 Å². The molecule has 0 bridgehead atoms. The zero-order chi connectivity index (χ0) is 15.2. The zero-order valence-corrected chi connectivity index (χ0v) is 13.0. The van der Waals surface area contributed by atoms with Crippen LogP contribution in [-0.2, 0) is 11.2 Å². The second kappa shape index (κ2) is 7.46. The number of hydrogen-bond acceptors (Lipinski definition) is 3. The maximum atomic E-state index is 12.6. The van der Waals surface area contributed by atoms with Gasteiger partial charge in [0.05, 0.1) is 6.42 Å². The molecular weight excluding hydrogens is 264 g/mol. The molecule has 1 fully saturated rings. The van der Waals surface area contributed by atoms with Gasteiger partial charge in [0.2, 0.25) is 5.91 Å². The number of phenols is 1. The van der Waals surface area contributed by atoms with E-state index in [9.17, 15) is 9.90 Å². The van der Waals surface area contributed by atoms with Gasteiger partial charge in [-0.15, -0.1) is 0 Å². The van der Waals surface area contributed by atoms with Gasteiger partial charge in [-0.2, -0.15) is 0 Å². The predicted octanol–water partition coefficient (Wildman–Crippen LogP) is 2.17. The zero-order valence-electron chi connectivity index (χ0n) is 13.0. The average Bonchev–Trinajstić information content (AvgIpc) is 2.48. The topological polar surface area (TPSA) is 52.6 Å². The van der Waals surface area contributed by atoms with Crippen LogP contribution in [-0.4, -0.2) is 41.6 Å². The quantitative estimate of drug-likeness (QED) is 0.874. The highest BCUT2D eigenvalue weighted by atomic mass is 16.3. The number of piperidine rings is 1. The number of carbonyl (C=O) groups is 1. The molecule has 1 amide bonds. The van der Waals surface area contributed by atoms with E-state index >= 15 is 0 Å². The Hall–Kier alpha value is -1.55. The molecule has 116 valence electrons. The van der Waals surface area contributed by atoms with Crippen LogP contribution in [0.25, 0.3) is 0 Å². The Balaban J connectivity index is 1.96. The third-order valence-corrected chi connectivity index (χ3v) is 4.09. The summed E-state index contributed by atoms with van der Waals surface area (Å²) in [4.78, 5) is 14.5. The smallest absolute Gasteiger partial charge is 0.227 e. The predicted molar refractivity (Wildman–Crippen MR) is 84.3 cm³/mol. The van der Waals surface area contributed by atoms with Crippen LogP contribution in [0.15, 0.2) is 24.3 Å². The molecule has 0 radical (unpaired) electrons. The van der Waals surface area contributed by atoms with Crippen LogP contribution >= 0.6 is 0 Å². The van der Waals surface area contributed by atoms with Gasteiger partial charge in [0.1, 0.15) is 5.75 Å². The highest BCUT2D eigenvalue weighted by Crippen LogP contribution is 2.16. The third kappa shape index (κ3) is 4.74. The molecule has 1 unspecified atom stereocenters. The van der Waals surface area contributed by atoms with Gasteiger partial charge in [-0.05, 0) is 63.4 Å². The number of carbonyl (C=O) groups excluding carboxylic acids is 1. The average molecular weight is 290 g/mol. The lowest BCUT2D eigenvalue weighted by Gasteiger charge is -2.33. The Bertz CT molecular complexity index is 450. The lowest BCUT2D eigenvalue weighted by atomic mass is 9.98. The summed E-state index contributed by atoms with van der Waals surface area (Å²) >= 11 is 0. The fraction of sp³-hybridized carbons (Fsp3) is 0.588. The van der Waals surface area contributed by atoms with E-state index in [1.54, 1.807) is 12.1 Å². The van der Waals surface area contributed by atoms with Gasteiger partial charge in [0.15, 0.2) is 0 Å². The van der Waals surface area contributed by atoms with Crippen molar-refractivity contribution >= 4 is 5.91 Å². The van der Waals surface area contributed by atoms with E-state index in [0.29, 0.717) is 12.3 Å². The first-order valence-corrected chi connectivity index (χ1v) is 7.84. The summed E-state index contributed by atoms with van der Waals surface area (Å²) in [5, 5.41) is 12.7. The van der Waals surface area contributed by atoms with E-state index in [-0.39, 0.29) is 17.7 Å². The summed E-state index contributed by atoms with van der Waals surface area (Å²) < 4.78 is 0. The van der Waals surface area contributed by atoms with E-state index in [1.807, 2.05) is 17.0 Å². The maximum Gasteiger partial charge on any atom is 0.227 e. The van der Waals surface area contributed by atoms with Crippen molar-refractivity contribution in [2.24, 2.45) is 5.92 Å². The van der Waals surface area contributed by atoms with Gasteiger partial charge in [-0.3, -0.25) is 4.79 Å². The van der Waals surface area contributed by atoms with Gasteiger partial charge in [-0.25, -0.2) is 0 Å². The summed E-state index contributed by atoms with van der Waals surface area (Å²) in [5.41, 5.74) is 0.949. The number of amides is 1. The molecule has 4 nitrogen and oxygen atoms in total. The molecule has 1 atom stereocenters. The second-order valence-electron chi connectivity index (χ2n) is 6.20. The minimum Gasteiger partial charge on any atom is -0.508 e. The van der Waals surface area contributed by atoms with Crippen LogP contribution in [0.1, 0.15) is 32.3 Å².